The molecule has 190 valence electrons. The van der Waals surface area contributed by atoms with E-state index >= 15 is 0 Å². The molecule has 2 rings (SSSR count). The van der Waals surface area contributed by atoms with E-state index in [0.29, 0.717) is 17.7 Å². The van der Waals surface area contributed by atoms with Crippen LogP contribution in [0.2, 0.25) is 0 Å². The van der Waals surface area contributed by atoms with Crippen molar-refractivity contribution in [1.82, 2.24) is 0 Å². The van der Waals surface area contributed by atoms with Crippen molar-refractivity contribution in [3.05, 3.63) is 70.8 Å². The Bertz CT molecular complexity index is 898. The molecule has 0 bridgehead atoms. The number of carbonyl (C=O) groups excluding carboxylic acids is 4. The number of aliphatic hydroxyl groups is 2. The lowest BCUT2D eigenvalue weighted by Crippen LogP contribution is -2.11. The molecule has 0 aromatic heterocycles. The number of carbonyl (C=O) groups is 4. The monoisotopic (exact) mass is 492 g/mol. The molecule has 0 amide bonds. The maximum Gasteiger partial charge on any atom is 0.338 e. The Kier molecular flexibility index (Phi) is 14.0. The first-order chi connectivity index (χ1) is 16.9. The molecule has 0 aliphatic heterocycles. The zero-order chi connectivity index (χ0) is 26.1. The molecule has 0 saturated carbocycles. The topological polar surface area (TPSA) is 155 Å². The van der Waals surface area contributed by atoms with Gasteiger partial charge in [0.1, 0.15) is 19.8 Å². The molecule has 0 unspecified atom stereocenters. The fraction of sp³-hybridized carbons (Fsp3) is 0.333. The average Bonchev–Trinajstić information content (AvgIpc) is 2.90. The maximum absolute atomic E-state index is 11.5. The van der Waals surface area contributed by atoms with Gasteiger partial charge in [-0.25, -0.2) is 19.2 Å². The second kappa shape index (κ2) is 16.8. The highest BCUT2D eigenvalue weighted by molar-refractivity contribution is 5.94. The number of rotatable bonds is 11. The number of hydrogen-bond acceptors (Lipinski definition) is 11. The Morgan fingerprint density at radius 3 is 1.14 bits per heavy atom. The molecule has 0 fully saturated rings. The summed E-state index contributed by atoms with van der Waals surface area (Å²) in [6.45, 7) is -0.0626. The Balaban J connectivity index is 0.000000351. The van der Waals surface area contributed by atoms with Gasteiger partial charge in [-0.05, 0) is 48.5 Å². The highest BCUT2D eigenvalue weighted by Gasteiger charge is 2.11. The molecule has 2 aromatic rings. The van der Waals surface area contributed by atoms with Crippen LogP contribution in [0, 0.1) is 0 Å². The third kappa shape index (κ3) is 10.8. The van der Waals surface area contributed by atoms with Gasteiger partial charge in [-0.1, -0.05) is 0 Å². The highest BCUT2D eigenvalue weighted by atomic mass is 16.6. The first-order valence-electron chi connectivity index (χ1n) is 10.4. The lowest BCUT2D eigenvalue weighted by Gasteiger charge is -2.05. The van der Waals surface area contributed by atoms with Gasteiger partial charge in [-0.3, -0.25) is 0 Å². The zero-order valence-corrected chi connectivity index (χ0v) is 19.4. The Morgan fingerprint density at radius 2 is 0.857 bits per heavy atom. The van der Waals surface area contributed by atoms with Gasteiger partial charge in [-0.2, -0.15) is 0 Å². The van der Waals surface area contributed by atoms with E-state index in [9.17, 15) is 19.2 Å². The molecule has 0 spiro atoms. The second-order valence-corrected chi connectivity index (χ2v) is 6.49. The fourth-order valence-electron chi connectivity index (χ4n) is 2.35. The van der Waals surface area contributed by atoms with Gasteiger partial charge in [0, 0.05) is 7.11 Å². The molecule has 0 radical (unpaired) electrons. The van der Waals surface area contributed by atoms with E-state index in [4.69, 9.17) is 29.2 Å². The lowest BCUT2D eigenvalue weighted by atomic mass is 10.1. The summed E-state index contributed by atoms with van der Waals surface area (Å²) in [6.07, 6.45) is 0. The highest BCUT2D eigenvalue weighted by Crippen LogP contribution is 2.08. The van der Waals surface area contributed by atoms with Gasteiger partial charge in [0.25, 0.3) is 0 Å². The second-order valence-electron chi connectivity index (χ2n) is 6.49. The summed E-state index contributed by atoms with van der Waals surface area (Å²) < 4.78 is 23.6. The van der Waals surface area contributed by atoms with Gasteiger partial charge in [0.2, 0.25) is 0 Å². The first kappa shape index (κ1) is 29.2. The van der Waals surface area contributed by atoms with E-state index in [1.165, 1.54) is 62.8 Å². The van der Waals surface area contributed by atoms with E-state index in [1.54, 1.807) is 0 Å². The summed E-state index contributed by atoms with van der Waals surface area (Å²) in [6, 6.07) is 11.8. The van der Waals surface area contributed by atoms with Crippen LogP contribution in [0.15, 0.2) is 48.5 Å². The third-order valence-corrected chi connectivity index (χ3v) is 4.07. The van der Waals surface area contributed by atoms with Crippen molar-refractivity contribution in [2.75, 3.05) is 53.9 Å². The van der Waals surface area contributed by atoms with E-state index in [1.807, 2.05) is 0 Å². The quantitative estimate of drug-likeness (QED) is 0.265. The van der Waals surface area contributed by atoms with Crippen molar-refractivity contribution in [2.24, 2.45) is 0 Å². The molecule has 0 aliphatic carbocycles. The van der Waals surface area contributed by atoms with Gasteiger partial charge in [0.05, 0.1) is 49.2 Å². The standard InChI is InChI=1S/C12H14O6.C12H14O5/c13-5-7-17-11(15)9-1-2-10(4-3-9)12(16)18-8-6-14;1-15-7-8-17-12(14)10-5-3-9(4-6-10)11(13)16-2/h1-4,13-14H,5-8H2;3-6H,7-8H2,1-2H3. The van der Waals surface area contributed by atoms with Crippen molar-refractivity contribution in [1.29, 1.82) is 0 Å². The third-order valence-electron chi connectivity index (χ3n) is 4.07. The van der Waals surface area contributed by atoms with Crippen LogP contribution in [-0.2, 0) is 23.7 Å². The van der Waals surface area contributed by atoms with Gasteiger partial charge >= 0.3 is 23.9 Å². The minimum atomic E-state index is -0.570. The zero-order valence-electron chi connectivity index (χ0n) is 19.4. The molecule has 2 aromatic carbocycles. The largest absolute Gasteiger partial charge is 0.465 e. The minimum absolute atomic E-state index is 0.0703. The lowest BCUT2D eigenvalue weighted by molar-refractivity contribution is 0.0386. The number of hydrogen-bond donors (Lipinski definition) is 2. The van der Waals surface area contributed by atoms with Crippen LogP contribution in [-0.4, -0.2) is 88.0 Å². The summed E-state index contributed by atoms with van der Waals surface area (Å²) in [4.78, 5) is 45.4. The minimum Gasteiger partial charge on any atom is -0.465 e. The molecule has 0 heterocycles. The summed E-state index contributed by atoms with van der Waals surface area (Å²) in [5, 5.41) is 17.0. The smallest absolute Gasteiger partial charge is 0.338 e. The predicted molar refractivity (Wildman–Crippen MR) is 121 cm³/mol. The molecule has 0 aliphatic rings. The van der Waals surface area contributed by atoms with Crippen molar-refractivity contribution >= 4 is 23.9 Å². The number of benzene rings is 2. The van der Waals surface area contributed by atoms with Crippen LogP contribution in [0.4, 0.5) is 0 Å². The van der Waals surface area contributed by atoms with Crippen molar-refractivity contribution < 1.29 is 53.1 Å². The Labute approximate surface area is 202 Å². The van der Waals surface area contributed by atoms with Crippen LogP contribution < -0.4 is 0 Å². The molecule has 0 saturated heterocycles. The van der Waals surface area contributed by atoms with Crippen molar-refractivity contribution in [2.45, 2.75) is 0 Å². The summed E-state index contributed by atoms with van der Waals surface area (Å²) >= 11 is 0. The molecular weight excluding hydrogens is 464 g/mol. The van der Waals surface area contributed by atoms with Crippen molar-refractivity contribution in [3.8, 4) is 0 Å². The Hall–Kier alpha value is -3.80. The summed E-state index contributed by atoms with van der Waals surface area (Å²) in [7, 11) is 2.83. The number of esters is 4. The number of methoxy groups -OCH3 is 2. The molecule has 11 nitrogen and oxygen atoms in total. The molecule has 11 heteroatoms. The average molecular weight is 492 g/mol. The molecule has 2 N–H and O–H groups in total. The van der Waals surface area contributed by atoms with Gasteiger partial charge < -0.3 is 33.9 Å². The van der Waals surface area contributed by atoms with Crippen LogP contribution in [0.1, 0.15) is 41.4 Å². The predicted octanol–water partition coefficient (Wildman–Crippen LogP) is 1.26. The van der Waals surface area contributed by atoms with Crippen molar-refractivity contribution in [3.63, 3.8) is 0 Å². The first-order valence-corrected chi connectivity index (χ1v) is 10.4. The number of ether oxygens (including phenoxy) is 5. The summed E-state index contributed by atoms with van der Waals surface area (Å²) in [5.74, 6) is -2.03. The Morgan fingerprint density at radius 1 is 0.543 bits per heavy atom. The van der Waals surface area contributed by atoms with Crippen LogP contribution >= 0.6 is 0 Å². The molecular formula is C24H28O11. The van der Waals surface area contributed by atoms with Crippen LogP contribution in [0.5, 0.6) is 0 Å². The normalized spacial score (nSPS) is 9.83. The molecule has 35 heavy (non-hydrogen) atoms. The van der Waals surface area contributed by atoms with E-state index in [0.717, 1.165) is 0 Å². The number of aliphatic hydroxyl groups excluding tert-OH is 2. The summed E-state index contributed by atoms with van der Waals surface area (Å²) in [5.41, 5.74) is 1.33. The van der Waals surface area contributed by atoms with E-state index in [2.05, 4.69) is 4.74 Å². The fourth-order valence-corrected chi connectivity index (χ4v) is 2.35. The SMILES string of the molecule is COCCOC(=O)c1ccc(C(=O)OC)cc1.O=C(OCCO)c1ccc(C(=O)OCCO)cc1. The van der Waals surface area contributed by atoms with E-state index < -0.39 is 23.9 Å². The van der Waals surface area contributed by atoms with Crippen LogP contribution in [0.3, 0.4) is 0 Å². The maximum atomic E-state index is 11.5. The molecule has 0 atom stereocenters. The van der Waals surface area contributed by atoms with Gasteiger partial charge in [0.15, 0.2) is 0 Å². The van der Waals surface area contributed by atoms with Gasteiger partial charge in [-0.15, -0.1) is 0 Å². The van der Waals surface area contributed by atoms with E-state index in [-0.39, 0.29) is 44.2 Å². The van der Waals surface area contributed by atoms with Crippen LogP contribution in [0.25, 0.3) is 0 Å².